The molecule has 2 aliphatic carbocycles. The van der Waals surface area contributed by atoms with Gasteiger partial charge in [0.05, 0.1) is 11.4 Å². The van der Waals surface area contributed by atoms with Gasteiger partial charge in [-0.2, -0.15) is 0 Å². The van der Waals surface area contributed by atoms with Crippen LogP contribution in [0.2, 0.25) is 0 Å². The molecule has 292 valence electrons. The third-order valence-electron chi connectivity index (χ3n) is 13.5. The quantitative estimate of drug-likeness (QED) is 0.156. The van der Waals surface area contributed by atoms with Crippen molar-refractivity contribution in [2.45, 2.75) is 38.5 Å². The molecular weight excluding hydrogens is 735 g/mol. The lowest BCUT2D eigenvalue weighted by molar-refractivity contribution is 0.660. The van der Waals surface area contributed by atoms with Crippen LogP contribution >= 0.6 is 0 Å². The highest BCUT2D eigenvalue weighted by Gasteiger charge is 2.38. The Hall–Kier alpha value is -7.22. The smallest absolute Gasteiger partial charge is 0.0540 e. The minimum Gasteiger partial charge on any atom is -0.309 e. The predicted octanol–water partition coefficient (Wildman–Crippen LogP) is 16.4. The number of rotatable bonds is 7. The van der Waals surface area contributed by atoms with E-state index in [-0.39, 0.29) is 10.8 Å². The lowest BCUT2D eigenvalue weighted by Crippen LogP contribution is -2.15. The van der Waals surface area contributed by atoms with Crippen LogP contribution in [0.5, 0.6) is 0 Å². The zero-order valence-corrected chi connectivity index (χ0v) is 35.2. The van der Waals surface area contributed by atoms with Crippen LogP contribution in [-0.2, 0) is 10.8 Å². The number of anilines is 3. The summed E-state index contributed by atoms with van der Waals surface area (Å²) in [4.78, 5) is 2.50. The first-order chi connectivity index (χ1) is 29.8. The molecule has 0 saturated carbocycles. The van der Waals surface area contributed by atoms with E-state index in [9.17, 15) is 0 Å². The summed E-state index contributed by atoms with van der Waals surface area (Å²) in [6.07, 6.45) is 0. The molecule has 0 N–H and O–H groups in total. The molecule has 0 radical (unpaired) electrons. The molecule has 0 spiro atoms. The average molecular weight is 782 g/mol. The van der Waals surface area contributed by atoms with Gasteiger partial charge in [0.25, 0.3) is 0 Å². The Morgan fingerprint density at radius 1 is 0.279 bits per heavy atom. The fraction of sp³-hybridized carbons (Fsp3) is 0.100. The van der Waals surface area contributed by atoms with E-state index >= 15 is 0 Å². The molecule has 0 unspecified atom stereocenters. The van der Waals surface area contributed by atoms with Gasteiger partial charge in [0, 0.05) is 27.6 Å². The molecule has 0 amide bonds. The second-order valence-corrected chi connectivity index (χ2v) is 17.7. The maximum Gasteiger partial charge on any atom is 0.0540 e. The zero-order valence-electron chi connectivity index (χ0n) is 35.2. The summed E-state index contributed by atoms with van der Waals surface area (Å²) in [5, 5.41) is 0. The first-order valence-corrected chi connectivity index (χ1v) is 21.5. The fourth-order valence-electron chi connectivity index (χ4n) is 10.4. The zero-order chi connectivity index (χ0) is 41.3. The molecule has 9 aromatic carbocycles. The van der Waals surface area contributed by atoms with E-state index in [0.29, 0.717) is 0 Å². The fourth-order valence-corrected chi connectivity index (χ4v) is 10.4. The van der Waals surface area contributed by atoms with Crippen LogP contribution < -0.4 is 4.90 Å². The Balaban J connectivity index is 1.11. The second-order valence-electron chi connectivity index (χ2n) is 17.7. The number of fused-ring (bicyclic) bond motifs is 6. The topological polar surface area (TPSA) is 3.24 Å². The number of nitrogens with zero attached hydrogens (tertiary/aromatic N) is 1. The molecule has 0 aliphatic heterocycles. The molecule has 1 nitrogen and oxygen atoms in total. The predicted molar refractivity (Wildman–Crippen MR) is 258 cm³/mol. The highest BCUT2D eigenvalue weighted by molar-refractivity contribution is 6.00. The largest absolute Gasteiger partial charge is 0.309 e. The molecule has 2 aliphatic rings. The van der Waals surface area contributed by atoms with E-state index < -0.39 is 0 Å². The summed E-state index contributed by atoms with van der Waals surface area (Å²) in [6.45, 7) is 9.45. The van der Waals surface area contributed by atoms with Gasteiger partial charge < -0.3 is 4.90 Å². The number of hydrogen-bond acceptors (Lipinski definition) is 1. The monoisotopic (exact) mass is 781 g/mol. The molecule has 0 heterocycles. The van der Waals surface area contributed by atoms with E-state index in [4.69, 9.17) is 0 Å². The van der Waals surface area contributed by atoms with Crippen LogP contribution in [0.4, 0.5) is 17.1 Å². The van der Waals surface area contributed by atoms with E-state index in [1.807, 2.05) is 0 Å². The number of benzene rings is 9. The van der Waals surface area contributed by atoms with Gasteiger partial charge in [0.2, 0.25) is 0 Å². The first-order valence-electron chi connectivity index (χ1n) is 21.5. The van der Waals surface area contributed by atoms with Crippen LogP contribution in [0, 0.1) is 0 Å². The Kier molecular flexibility index (Phi) is 8.58. The maximum absolute atomic E-state index is 2.50. The molecule has 0 atom stereocenters. The van der Waals surface area contributed by atoms with Crippen molar-refractivity contribution in [2.24, 2.45) is 0 Å². The Morgan fingerprint density at radius 3 is 1.49 bits per heavy atom. The van der Waals surface area contributed by atoms with Crippen molar-refractivity contribution >= 4 is 17.1 Å². The van der Waals surface area contributed by atoms with E-state index in [1.165, 1.54) is 89.0 Å². The van der Waals surface area contributed by atoms with Gasteiger partial charge in [0.15, 0.2) is 0 Å². The van der Waals surface area contributed by atoms with Gasteiger partial charge in [-0.05, 0) is 108 Å². The number of hydrogen-bond donors (Lipinski definition) is 0. The van der Waals surface area contributed by atoms with Gasteiger partial charge >= 0.3 is 0 Å². The van der Waals surface area contributed by atoms with Gasteiger partial charge in [0.1, 0.15) is 0 Å². The number of para-hydroxylation sites is 2. The lowest BCUT2D eigenvalue weighted by Gasteiger charge is -2.31. The van der Waals surface area contributed by atoms with Crippen LogP contribution in [0.3, 0.4) is 0 Å². The van der Waals surface area contributed by atoms with E-state index in [0.717, 1.165) is 17.1 Å². The third-order valence-corrected chi connectivity index (χ3v) is 13.5. The summed E-state index contributed by atoms with van der Waals surface area (Å²) in [5.41, 5.74) is 23.7. The van der Waals surface area contributed by atoms with Crippen LogP contribution in [0.1, 0.15) is 49.9 Å². The second kappa shape index (κ2) is 14.2. The Bertz CT molecular complexity index is 3130. The average Bonchev–Trinajstić information content (AvgIpc) is 3.69. The highest BCUT2D eigenvalue weighted by Crippen LogP contribution is 2.55. The maximum atomic E-state index is 2.50. The van der Waals surface area contributed by atoms with Gasteiger partial charge in [-0.15, -0.1) is 0 Å². The van der Waals surface area contributed by atoms with Crippen LogP contribution in [-0.4, -0.2) is 0 Å². The third kappa shape index (κ3) is 5.91. The van der Waals surface area contributed by atoms with Crippen molar-refractivity contribution < 1.29 is 0 Å². The molecule has 1 heteroatoms. The van der Waals surface area contributed by atoms with E-state index in [1.54, 1.807) is 0 Å². The summed E-state index contributed by atoms with van der Waals surface area (Å²) >= 11 is 0. The molecule has 0 fully saturated rings. The van der Waals surface area contributed by atoms with Gasteiger partial charge in [-0.3, -0.25) is 0 Å². The standard InChI is InChI=1S/C60H47N/c1-59(2)53-28-13-9-25-51(53)58-50(26-17-29-54(58)59)49-24-11-15-31-57(49)61(56-30-14-10-22-46(56)42-34-32-41(33-35-42)40-18-6-5-7-19-40)45-21-16-20-43(38-45)44-36-37-48-47-23-8-12-27-52(47)60(3,4)55(48)39-44/h5-39H,1-4H3. The van der Waals surface area contributed by atoms with Crippen LogP contribution in [0.15, 0.2) is 212 Å². The summed E-state index contributed by atoms with van der Waals surface area (Å²) < 4.78 is 0. The Labute approximate surface area is 360 Å². The van der Waals surface area contributed by atoms with Crippen molar-refractivity contribution in [3.63, 3.8) is 0 Å². The highest BCUT2D eigenvalue weighted by atomic mass is 15.1. The van der Waals surface area contributed by atoms with Gasteiger partial charge in [-0.1, -0.05) is 210 Å². The molecule has 61 heavy (non-hydrogen) atoms. The summed E-state index contributed by atoms with van der Waals surface area (Å²) in [7, 11) is 0. The van der Waals surface area contributed by atoms with E-state index in [2.05, 4.69) is 245 Å². The Morgan fingerprint density at radius 2 is 0.738 bits per heavy atom. The molecule has 11 rings (SSSR count). The van der Waals surface area contributed by atoms with Gasteiger partial charge in [-0.25, -0.2) is 0 Å². The minimum absolute atomic E-state index is 0.0807. The molecular formula is C60H47N. The van der Waals surface area contributed by atoms with Crippen molar-refractivity contribution in [2.75, 3.05) is 4.90 Å². The summed E-state index contributed by atoms with van der Waals surface area (Å²) in [6, 6.07) is 78.6. The van der Waals surface area contributed by atoms with Crippen molar-refractivity contribution in [3.05, 3.63) is 235 Å². The first kappa shape index (κ1) is 36.8. The molecule has 0 aromatic heterocycles. The normalized spacial score (nSPS) is 13.8. The lowest BCUT2D eigenvalue weighted by atomic mass is 9.81. The minimum atomic E-state index is -0.102. The molecule has 0 bridgehead atoms. The molecule has 0 saturated heterocycles. The summed E-state index contributed by atoms with van der Waals surface area (Å²) in [5.74, 6) is 0. The van der Waals surface area contributed by atoms with Crippen LogP contribution in [0.25, 0.3) is 66.8 Å². The van der Waals surface area contributed by atoms with Crippen molar-refractivity contribution in [3.8, 4) is 66.8 Å². The van der Waals surface area contributed by atoms with Crippen molar-refractivity contribution in [1.82, 2.24) is 0 Å². The molecule has 9 aromatic rings. The van der Waals surface area contributed by atoms with Crippen molar-refractivity contribution in [1.29, 1.82) is 0 Å². The SMILES string of the molecule is CC1(C)c2ccccc2-c2ccc(-c3cccc(N(c4ccccc4-c4ccc(-c5ccccc5)cc4)c4ccccc4-c4cccc5c4-c4ccccc4C5(C)C)c3)cc21.